The molecule has 2 aliphatic rings. The molecule has 0 spiro atoms. The van der Waals surface area contributed by atoms with Crippen LogP contribution in [0.25, 0.3) is 11.2 Å². The molecule has 140 valence electrons. The lowest BCUT2D eigenvalue weighted by atomic mass is 10.0. The summed E-state index contributed by atoms with van der Waals surface area (Å²) in [5.74, 6) is 0.857. The number of hydrogen-bond donors (Lipinski definition) is 0. The molecule has 0 saturated carbocycles. The van der Waals surface area contributed by atoms with E-state index < -0.39 is 10.0 Å². The Morgan fingerprint density at radius 1 is 1.15 bits per heavy atom. The molecule has 3 aromatic heterocycles. The highest BCUT2D eigenvalue weighted by Crippen LogP contribution is 2.31. The molecule has 10 heteroatoms. The van der Waals surface area contributed by atoms with Crippen LogP contribution in [0.15, 0.2) is 35.9 Å². The van der Waals surface area contributed by atoms with Crippen LogP contribution in [0.1, 0.15) is 24.2 Å². The van der Waals surface area contributed by atoms with Gasteiger partial charge in [0, 0.05) is 31.6 Å². The first-order valence-electron chi connectivity index (χ1n) is 8.77. The Hall–Kier alpha value is -2.23. The van der Waals surface area contributed by atoms with E-state index in [0.717, 1.165) is 29.8 Å². The van der Waals surface area contributed by atoms with Crippen molar-refractivity contribution in [3.8, 4) is 0 Å². The largest absolute Gasteiger partial charge is 0.318 e. The monoisotopic (exact) mass is 404 g/mol. The molecule has 0 bridgehead atoms. The lowest BCUT2D eigenvalue weighted by Gasteiger charge is -2.26. The molecule has 0 aliphatic carbocycles. The van der Waals surface area contributed by atoms with Crippen molar-refractivity contribution in [3.05, 3.63) is 47.3 Å². The molecule has 0 saturated heterocycles. The minimum atomic E-state index is -3.56. The van der Waals surface area contributed by atoms with Crippen molar-refractivity contribution < 1.29 is 8.42 Å². The molecule has 27 heavy (non-hydrogen) atoms. The van der Waals surface area contributed by atoms with Gasteiger partial charge in [0.05, 0.1) is 17.4 Å². The van der Waals surface area contributed by atoms with Crippen molar-refractivity contribution in [1.29, 1.82) is 0 Å². The number of aryl methyl sites for hydroxylation is 1. The van der Waals surface area contributed by atoms with Crippen LogP contribution in [0.2, 0.25) is 5.02 Å². The number of fused-ring (bicyclic) bond motifs is 2. The van der Waals surface area contributed by atoms with Gasteiger partial charge in [-0.1, -0.05) is 17.7 Å². The molecule has 3 aromatic rings. The standard InChI is InChI=1S/C17H17ClN6O2S/c18-14-10-24-16(20-11-21-24)8-13(14)12-3-6-22(7-4-12)27(25,26)17-9-19-15-2-1-5-23(15)17/h3,8-11H,1-2,4-7H2. The first-order valence-corrected chi connectivity index (χ1v) is 10.6. The molecule has 0 unspecified atom stereocenters. The van der Waals surface area contributed by atoms with Crippen LogP contribution in [0, 0.1) is 0 Å². The molecule has 5 rings (SSSR count). The highest BCUT2D eigenvalue weighted by molar-refractivity contribution is 7.89. The second-order valence-corrected chi connectivity index (χ2v) is 9.00. The Bertz CT molecular complexity index is 1180. The average molecular weight is 405 g/mol. The Labute approximate surface area is 161 Å². The molecule has 0 N–H and O–H groups in total. The van der Waals surface area contributed by atoms with Crippen LogP contribution in [0.3, 0.4) is 0 Å². The van der Waals surface area contributed by atoms with Gasteiger partial charge in [0.2, 0.25) is 0 Å². The molecule has 0 radical (unpaired) electrons. The zero-order valence-electron chi connectivity index (χ0n) is 14.4. The lowest BCUT2D eigenvalue weighted by Crippen LogP contribution is -2.35. The number of rotatable bonds is 3. The van der Waals surface area contributed by atoms with E-state index in [4.69, 9.17) is 11.6 Å². The summed E-state index contributed by atoms with van der Waals surface area (Å²) in [6.45, 7) is 1.43. The number of sulfonamides is 1. The second-order valence-electron chi connectivity index (χ2n) is 6.71. The van der Waals surface area contributed by atoms with Gasteiger partial charge in [-0.3, -0.25) is 0 Å². The van der Waals surface area contributed by atoms with Crippen molar-refractivity contribution >= 4 is 32.8 Å². The maximum absolute atomic E-state index is 13.0. The SMILES string of the molecule is O=S(=O)(c1cnc2n1CCC2)N1CC=C(c2cc3ncnn3cc2Cl)CC1. The molecule has 0 aromatic carbocycles. The van der Waals surface area contributed by atoms with Gasteiger partial charge in [-0.05, 0) is 24.5 Å². The Kier molecular flexibility index (Phi) is 3.85. The minimum absolute atomic E-state index is 0.301. The normalized spacial score (nSPS) is 18.0. The summed E-state index contributed by atoms with van der Waals surface area (Å²) in [6, 6.07) is 1.88. The van der Waals surface area contributed by atoms with Crippen molar-refractivity contribution in [1.82, 2.24) is 28.5 Å². The summed E-state index contributed by atoms with van der Waals surface area (Å²) in [4.78, 5) is 8.45. The van der Waals surface area contributed by atoms with E-state index in [1.807, 2.05) is 16.7 Å². The van der Waals surface area contributed by atoms with E-state index in [0.29, 0.717) is 41.8 Å². The zero-order chi connectivity index (χ0) is 18.6. The summed E-state index contributed by atoms with van der Waals surface area (Å²) in [5, 5.41) is 4.95. The van der Waals surface area contributed by atoms with Crippen molar-refractivity contribution in [2.45, 2.75) is 30.8 Å². The number of nitrogens with zero attached hydrogens (tertiary/aromatic N) is 6. The Morgan fingerprint density at radius 2 is 2.04 bits per heavy atom. The van der Waals surface area contributed by atoms with Crippen molar-refractivity contribution in [2.75, 3.05) is 13.1 Å². The molecule has 0 fully saturated rings. The van der Waals surface area contributed by atoms with Gasteiger partial charge in [-0.25, -0.2) is 22.9 Å². The fourth-order valence-electron chi connectivity index (χ4n) is 3.76. The summed E-state index contributed by atoms with van der Waals surface area (Å²) in [5.41, 5.74) is 2.61. The van der Waals surface area contributed by atoms with Crippen LogP contribution in [-0.4, -0.2) is 50.0 Å². The number of imidazole rings is 1. The third-order valence-corrected chi connectivity index (χ3v) is 7.34. The summed E-state index contributed by atoms with van der Waals surface area (Å²) >= 11 is 6.39. The number of hydrogen-bond acceptors (Lipinski definition) is 5. The van der Waals surface area contributed by atoms with Gasteiger partial charge in [0.1, 0.15) is 12.2 Å². The van der Waals surface area contributed by atoms with E-state index in [2.05, 4.69) is 15.1 Å². The van der Waals surface area contributed by atoms with E-state index in [1.165, 1.54) is 16.8 Å². The molecule has 0 atom stereocenters. The fraction of sp³-hybridized carbons (Fsp3) is 0.353. The average Bonchev–Trinajstić information content (AvgIpc) is 3.37. The summed E-state index contributed by atoms with van der Waals surface area (Å²) in [7, 11) is -3.56. The third-order valence-electron chi connectivity index (χ3n) is 5.17. The number of halogens is 1. The van der Waals surface area contributed by atoms with Crippen LogP contribution in [0.4, 0.5) is 0 Å². The second kappa shape index (κ2) is 6.15. The first-order chi connectivity index (χ1) is 13.0. The lowest BCUT2D eigenvalue weighted by molar-refractivity contribution is 0.434. The van der Waals surface area contributed by atoms with Crippen molar-refractivity contribution in [3.63, 3.8) is 0 Å². The van der Waals surface area contributed by atoms with Gasteiger partial charge in [0.25, 0.3) is 10.0 Å². The van der Waals surface area contributed by atoms with Gasteiger partial charge in [0.15, 0.2) is 10.7 Å². The maximum Gasteiger partial charge on any atom is 0.260 e. The fourth-order valence-corrected chi connectivity index (χ4v) is 5.56. The Morgan fingerprint density at radius 3 is 2.85 bits per heavy atom. The van der Waals surface area contributed by atoms with Crippen LogP contribution in [0.5, 0.6) is 0 Å². The Balaban J connectivity index is 1.44. The number of aromatic nitrogens is 5. The third kappa shape index (κ3) is 2.69. The highest BCUT2D eigenvalue weighted by Gasteiger charge is 2.32. The van der Waals surface area contributed by atoms with Gasteiger partial charge in [-0.15, -0.1) is 0 Å². The molecule has 2 aliphatic heterocycles. The van der Waals surface area contributed by atoms with Gasteiger partial charge < -0.3 is 4.57 Å². The van der Waals surface area contributed by atoms with Crippen molar-refractivity contribution in [2.24, 2.45) is 0 Å². The topological polar surface area (TPSA) is 85.4 Å². The van der Waals surface area contributed by atoms with E-state index in [-0.39, 0.29) is 0 Å². The highest BCUT2D eigenvalue weighted by atomic mass is 35.5. The quantitative estimate of drug-likeness (QED) is 0.666. The minimum Gasteiger partial charge on any atom is -0.318 e. The van der Waals surface area contributed by atoms with Crippen LogP contribution >= 0.6 is 11.6 Å². The van der Waals surface area contributed by atoms with Gasteiger partial charge in [-0.2, -0.15) is 9.40 Å². The molecular weight excluding hydrogens is 388 g/mol. The van der Waals surface area contributed by atoms with E-state index in [9.17, 15) is 8.42 Å². The van der Waals surface area contributed by atoms with Crippen LogP contribution < -0.4 is 0 Å². The zero-order valence-corrected chi connectivity index (χ0v) is 16.0. The predicted molar refractivity (Wildman–Crippen MR) is 99.9 cm³/mol. The summed E-state index contributed by atoms with van der Waals surface area (Å²) < 4.78 is 31.0. The first kappa shape index (κ1) is 16.9. The molecule has 8 nitrogen and oxygen atoms in total. The molecule has 0 amide bonds. The van der Waals surface area contributed by atoms with E-state index >= 15 is 0 Å². The van der Waals surface area contributed by atoms with Crippen LogP contribution in [-0.2, 0) is 23.0 Å². The molecular formula is C17H17ClN6O2S. The number of pyridine rings is 1. The van der Waals surface area contributed by atoms with Gasteiger partial charge >= 0.3 is 0 Å². The maximum atomic E-state index is 13.0. The smallest absolute Gasteiger partial charge is 0.260 e. The predicted octanol–water partition coefficient (Wildman–Crippen LogP) is 2.00. The summed E-state index contributed by atoms with van der Waals surface area (Å²) in [6.07, 6.45) is 8.98. The molecule has 5 heterocycles. The van der Waals surface area contributed by atoms with E-state index in [1.54, 1.807) is 10.7 Å².